The molecule has 0 aromatic heterocycles. The molecule has 1 atom stereocenters. The maximum absolute atomic E-state index is 12.8. The molecular weight excluding hydrogens is 352 g/mol. The van der Waals surface area contributed by atoms with Gasteiger partial charge in [0.2, 0.25) is 0 Å². The molecule has 25 heavy (non-hydrogen) atoms. The van der Waals surface area contributed by atoms with E-state index in [1.165, 1.54) is 0 Å². The normalized spacial score (nSPS) is 17.9. The van der Waals surface area contributed by atoms with E-state index in [2.05, 4.69) is 4.99 Å². The Morgan fingerprint density at radius 2 is 1.52 bits per heavy atom. The summed E-state index contributed by atoms with van der Waals surface area (Å²) in [6.45, 7) is 1.88. The summed E-state index contributed by atoms with van der Waals surface area (Å²) in [6.07, 6.45) is -6.99. The minimum absolute atomic E-state index is 0.00463. The Balaban J connectivity index is 0.000000970. The van der Waals surface area contributed by atoms with Gasteiger partial charge in [-0.05, 0) is 49.9 Å². The standard InChI is InChI=1S/C15H15F6N.CO2/c1-9-3-2-4-13(22-9)7-10-5-11(14(16,17)18)8-12(6-10)15(19,20)21;2-1-3/h5-6,8-9H,2-4,7H2,1H3;. The van der Waals surface area contributed by atoms with Gasteiger partial charge >= 0.3 is 18.5 Å². The van der Waals surface area contributed by atoms with E-state index < -0.39 is 23.5 Å². The van der Waals surface area contributed by atoms with Crippen LogP contribution in [0.3, 0.4) is 0 Å². The molecule has 138 valence electrons. The molecule has 0 radical (unpaired) electrons. The second-order valence-electron chi connectivity index (χ2n) is 5.61. The largest absolute Gasteiger partial charge is 0.416 e. The van der Waals surface area contributed by atoms with Crippen LogP contribution in [0.25, 0.3) is 0 Å². The lowest BCUT2D eigenvalue weighted by Crippen LogP contribution is -2.16. The Morgan fingerprint density at radius 3 is 1.92 bits per heavy atom. The van der Waals surface area contributed by atoms with Gasteiger partial charge in [-0.2, -0.15) is 35.9 Å². The van der Waals surface area contributed by atoms with Crippen molar-refractivity contribution in [3.8, 4) is 0 Å². The lowest BCUT2D eigenvalue weighted by atomic mass is 9.96. The molecule has 9 heteroatoms. The van der Waals surface area contributed by atoms with Crippen LogP contribution in [0.1, 0.15) is 42.9 Å². The molecule has 3 nitrogen and oxygen atoms in total. The first-order chi connectivity index (χ1) is 11.5. The number of alkyl halides is 6. The summed E-state index contributed by atoms with van der Waals surface area (Å²) in [7, 11) is 0. The van der Waals surface area contributed by atoms with Crippen molar-refractivity contribution in [3.63, 3.8) is 0 Å². The van der Waals surface area contributed by atoms with Crippen LogP contribution in [-0.4, -0.2) is 17.9 Å². The van der Waals surface area contributed by atoms with E-state index in [9.17, 15) is 26.3 Å². The third-order valence-corrected chi connectivity index (χ3v) is 3.55. The van der Waals surface area contributed by atoms with Gasteiger partial charge in [0.1, 0.15) is 0 Å². The van der Waals surface area contributed by atoms with Crippen LogP contribution in [0.5, 0.6) is 0 Å². The Morgan fingerprint density at radius 1 is 1.04 bits per heavy atom. The van der Waals surface area contributed by atoms with E-state index in [4.69, 9.17) is 9.59 Å². The molecule has 0 saturated heterocycles. The number of benzene rings is 1. The molecule has 0 fully saturated rings. The summed E-state index contributed by atoms with van der Waals surface area (Å²) >= 11 is 0. The van der Waals surface area contributed by atoms with Gasteiger partial charge in [-0.25, -0.2) is 0 Å². The lowest BCUT2D eigenvalue weighted by molar-refractivity contribution is -0.191. The fourth-order valence-electron chi connectivity index (χ4n) is 2.53. The first-order valence-electron chi connectivity index (χ1n) is 7.30. The molecule has 1 aliphatic heterocycles. The van der Waals surface area contributed by atoms with E-state index in [1.807, 2.05) is 6.92 Å². The van der Waals surface area contributed by atoms with Crippen LogP contribution in [0.15, 0.2) is 23.2 Å². The Kier molecular flexibility index (Phi) is 6.93. The van der Waals surface area contributed by atoms with Crippen molar-refractivity contribution >= 4 is 11.9 Å². The molecule has 1 unspecified atom stereocenters. The molecule has 1 aromatic rings. The highest BCUT2D eigenvalue weighted by Gasteiger charge is 2.36. The molecule has 0 bridgehead atoms. The van der Waals surface area contributed by atoms with Crippen LogP contribution >= 0.6 is 0 Å². The third kappa shape index (κ3) is 6.70. The van der Waals surface area contributed by atoms with E-state index in [0.717, 1.165) is 25.0 Å². The zero-order valence-electron chi connectivity index (χ0n) is 13.2. The Bertz CT molecular complexity index is 625. The monoisotopic (exact) mass is 367 g/mol. The molecule has 1 aliphatic rings. The summed E-state index contributed by atoms with van der Waals surface area (Å²) in [6, 6.07) is 1.76. The second-order valence-corrected chi connectivity index (χ2v) is 5.61. The van der Waals surface area contributed by atoms with Crippen molar-refractivity contribution in [1.82, 2.24) is 0 Å². The zero-order valence-corrected chi connectivity index (χ0v) is 13.2. The topological polar surface area (TPSA) is 46.5 Å². The number of hydrogen-bond acceptors (Lipinski definition) is 3. The molecule has 0 N–H and O–H groups in total. The van der Waals surface area contributed by atoms with Gasteiger partial charge in [0.05, 0.1) is 11.1 Å². The van der Waals surface area contributed by atoms with Gasteiger partial charge in [0.25, 0.3) is 0 Å². The Hall–Kier alpha value is -2.15. The first kappa shape index (κ1) is 20.9. The summed E-state index contributed by atoms with van der Waals surface area (Å²) < 4.78 is 76.7. The fraction of sp³-hybridized carbons (Fsp3) is 0.500. The predicted octanol–water partition coefficient (Wildman–Crippen LogP) is 4.70. The predicted molar refractivity (Wildman–Crippen MR) is 75.9 cm³/mol. The highest BCUT2D eigenvalue weighted by Crippen LogP contribution is 2.36. The number of nitrogens with zero attached hydrogens (tertiary/aromatic N) is 1. The van der Waals surface area contributed by atoms with Gasteiger partial charge in [-0.15, -0.1) is 0 Å². The van der Waals surface area contributed by atoms with E-state index >= 15 is 0 Å². The number of carbonyl (C=O) groups excluding carboxylic acids is 2. The minimum Gasteiger partial charge on any atom is -0.291 e. The molecule has 1 heterocycles. The lowest BCUT2D eigenvalue weighted by Gasteiger charge is -2.18. The quantitative estimate of drug-likeness (QED) is 0.712. The molecule has 0 spiro atoms. The van der Waals surface area contributed by atoms with Crippen molar-refractivity contribution in [2.45, 2.75) is 51.0 Å². The van der Waals surface area contributed by atoms with E-state index in [1.54, 1.807) is 0 Å². The maximum atomic E-state index is 12.8. The van der Waals surface area contributed by atoms with Crippen molar-refractivity contribution in [1.29, 1.82) is 0 Å². The molecule has 0 aliphatic carbocycles. The van der Waals surface area contributed by atoms with E-state index in [0.29, 0.717) is 12.1 Å². The smallest absolute Gasteiger partial charge is 0.291 e. The molecule has 1 aromatic carbocycles. The van der Waals surface area contributed by atoms with Crippen LogP contribution < -0.4 is 0 Å². The zero-order chi connectivity index (χ0) is 19.3. The second kappa shape index (κ2) is 8.29. The average molecular weight is 367 g/mol. The SMILES string of the molecule is CC1CCCC(Cc2cc(C(F)(F)F)cc(C(F)(F)F)c2)=N1.O=C=O. The van der Waals surface area contributed by atoms with Crippen LogP contribution in [0.4, 0.5) is 26.3 Å². The van der Waals surface area contributed by atoms with Gasteiger partial charge in [0.15, 0.2) is 0 Å². The molecule has 0 amide bonds. The summed E-state index contributed by atoms with van der Waals surface area (Å²) in [5, 5.41) is 0. The van der Waals surface area contributed by atoms with Gasteiger partial charge in [-0.1, -0.05) is 0 Å². The van der Waals surface area contributed by atoms with Crippen LogP contribution in [0.2, 0.25) is 0 Å². The van der Waals surface area contributed by atoms with Crippen molar-refractivity contribution in [3.05, 3.63) is 34.9 Å². The van der Waals surface area contributed by atoms with Crippen molar-refractivity contribution < 1.29 is 35.9 Å². The highest BCUT2D eigenvalue weighted by atomic mass is 19.4. The fourth-order valence-corrected chi connectivity index (χ4v) is 2.53. The van der Waals surface area contributed by atoms with Gasteiger partial charge in [0, 0.05) is 18.2 Å². The number of hydrogen-bond donors (Lipinski definition) is 0. The maximum Gasteiger partial charge on any atom is 0.416 e. The highest BCUT2D eigenvalue weighted by molar-refractivity contribution is 5.87. The number of aliphatic imine (C=N–C) groups is 1. The Labute approximate surface area is 139 Å². The van der Waals surface area contributed by atoms with Crippen LogP contribution in [0, 0.1) is 0 Å². The molecule has 0 saturated carbocycles. The third-order valence-electron chi connectivity index (χ3n) is 3.55. The van der Waals surface area contributed by atoms with Crippen molar-refractivity contribution in [2.24, 2.45) is 4.99 Å². The summed E-state index contributed by atoms with van der Waals surface area (Å²) in [5.74, 6) is 0. The number of halogens is 6. The summed E-state index contributed by atoms with van der Waals surface area (Å²) in [4.78, 5) is 20.6. The molecule has 2 rings (SSSR count). The van der Waals surface area contributed by atoms with Gasteiger partial charge < -0.3 is 0 Å². The average Bonchev–Trinajstić information content (AvgIpc) is 2.46. The van der Waals surface area contributed by atoms with Gasteiger partial charge in [-0.3, -0.25) is 4.99 Å². The van der Waals surface area contributed by atoms with Crippen molar-refractivity contribution in [2.75, 3.05) is 0 Å². The molecular formula is C16H15F6NO2. The van der Waals surface area contributed by atoms with E-state index in [-0.39, 0.29) is 30.2 Å². The first-order valence-corrected chi connectivity index (χ1v) is 7.30. The number of rotatable bonds is 2. The minimum atomic E-state index is -4.81. The van der Waals surface area contributed by atoms with Crippen LogP contribution in [-0.2, 0) is 28.4 Å². The summed E-state index contributed by atoms with van der Waals surface area (Å²) in [5.41, 5.74) is -1.90.